The van der Waals surface area contributed by atoms with Gasteiger partial charge in [0.2, 0.25) is 5.88 Å². The van der Waals surface area contributed by atoms with E-state index in [1.54, 1.807) is 0 Å². The first-order chi connectivity index (χ1) is 8.54. The lowest BCUT2D eigenvalue weighted by atomic mass is 10.1. The highest BCUT2D eigenvalue weighted by molar-refractivity contribution is 6.30. The Morgan fingerprint density at radius 3 is 2.94 bits per heavy atom. The first-order valence-electron chi connectivity index (χ1n) is 4.83. The standard InChI is InChI=1S/C11H8ClFN2O3/c1-17-11(16)8-9(15-18-10(8)14)6-4-5(12)2-3-7(6)13/h2-4H,14H2,1H3. The number of hydrogen-bond acceptors (Lipinski definition) is 5. The fourth-order valence-corrected chi connectivity index (χ4v) is 1.64. The van der Waals surface area contributed by atoms with E-state index >= 15 is 0 Å². The minimum Gasteiger partial charge on any atom is -0.465 e. The van der Waals surface area contributed by atoms with Crippen LogP contribution < -0.4 is 5.73 Å². The van der Waals surface area contributed by atoms with Crippen molar-refractivity contribution in [2.24, 2.45) is 0 Å². The van der Waals surface area contributed by atoms with Gasteiger partial charge in [-0.25, -0.2) is 9.18 Å². The van der Waals surface area contributed by atoms with Gasteiger partial charge in [0.25, 0.3) is 0 Å². The van der Waals surface area contributed by atoms with Crippen LogP contribution in [0, 0.1) is 5.82 Å². The lowest BCUT2D eigenvalue weighted by Crippen LogP contribution is -2.05. The summed E-state index contributed by atoms with van der Waals surface area (Å²) in [6, 6.07) is 3.85. The highest BCUT2D eigenvalue weighted by atomic mass is 35.5. The molecule has 0 saturated heterocycles. The Bertz CT molecular complexity index is 612. The van der Waals surface area contributed by atoms with Crippen molar-refractivity contribution in [2.45, 2.75) is 0 Å². The average molecular weight is 271 g/mol. The van der Waals surface area contributed by atoms with E-state index in [0.717, 1.165) is 6.07 Å². The van der Waals surface area contributed by atoms with Crippen LogP contribution in [-0.4, -0.2) is 18.2 Å². The summed E-state index contributed by atoms with van der Waals surface area (Å²) in [6.45, 7) is 0. The van der Waals surface area contributed by atoms with Crippen molar-refractivity contribution in [2.75, 3.05) is 12.8 Å². The summed E-state index contributed by atoms with van der Waals surface area (Å²) in [5.41, 5.74) is 5.31. The normalized spacial score (nSPS) is 10.4. The summed E-state index contributed by atoms with van der Waals surface area (Å²) in [7, 11) is 1.17. The Balaban J connectivity index is 2.64. The summed E-state index contributed by atoms with van der Waals surface area (Å²) < 4.78 is 22.9. The van der Waals surface area contributed by atoms with Crippen molar-refractivity contribution >= 4 is 23.5 Å². The number of hydrogen-bond donors (Lipinski definition) is 1. The van der Waals surface area contributed by atoms with Gasteiger partial charge in [0, 0.05) is 10.6 Å². The minimum absolute atomic E-state index is 0.0170. The number of halogens is 2. The molecule has 0 bridgehead atoms. The Morgan fingerprint density at radius 1 is 1.56 bits per heavy atom. The van der Waals surface area contributed by atoms with Gasteiger partial charge in [-0.15, -0.1) is 0 Å². The van der Waals surface area contributed by atoms with Gasteiger partial charge in [0.05, 0.1) is 7.11 Å². The largest absolute Gasteiger partial charge is 0.465 e. The predicted octanol–water partition coefficient (Wildman–Crippen LogP) is 2.50. The second kappa shape index (κ2) is 4.66. The molecule has 7 heteroatoms. The van der Waals surface area contributed by atoms with Gasteiger partial charge in [-0.1, -0.05) is 16.8 Å². The molecule has 1 aromatic carbocycles. The van der Waals surface area contributed by atoms with Crippen LogP contribution in [0.4, 0.5) is 10.3 Å². The molecule has 5 nitrogen and oxygen atoms in total. The number of rotatable bonds is 2. The zero-order valence-electron chi connectivity index (χ0n) is 9.24. The third kappa shape index (κ3) is 2.02. The number of esters is 1. The number of aromatic nitrogens is 1. The molecule has 2 rings (SSSR count). The van der Waals surface area contributed by atoms with Gasteiger partial charge in [-0.3, -0.25) is 0 Å². The van der Waals surface area contributed by atoms with Crippen LogP contribution in [0.15, 0.2) is 22.7 Å². The van der Waals surface area contributed by atoms with E-state index in [-0.39, 0.29) is 22.7 Å². The number of nitrogens with zero attached hydrogens (tertiary/aromatic N) is 1. The molecule has 1 heterocycles. The fourth-order valence-electron chi connectivity index (χ4n) is 1.46. The molecule has 94 valence electrons. The molecule has 0 aliphatic heterocycles. The van der Waals surface area contributed by atoms with Gasteiger partial charge in [0.1, 0.15) is 11.5 Å². The van der Waals surface area contributed by atoms with E-state index in [0.29, 0.717) is 5.02 Å². The Morgan fingerprint density at radius 2 is 2.28 bits per heavy atom. The maximum absolute atomic E-state index is 13.7. The van der Waals surface area contributed by atoms with Crippen LogP contribution in [0.25, 0.3) is 11.3 Å². The Kier molecular flexibility index (Phi) is 3.20. The molecule has 0 aliphatic carbocycles. The van der Waals surface area contributed by atoms with E-state index in [1.165, 1.54) is 19.2 Å². The number of nitrogen functional groups attached to an aromatic ring is 1. The maximum atomic E-state index is 13.7. The van der Waals surface area contributed by atoms with Crippen LogP contribution in [0.3, 0.4) is 0 Å². The van der Waals surface area contributed by atoms with Gasteiger partial charge < -0.3 is 15.0 Å². The third-order valence-corrected chi connectivity index (χ3v) is 2.53. The highest BCUT2D eigenvalue weighted by Crippen LogP contribution is 2.31. The number of benzene rings is 1. The number of nitrogens with two attached hydrogens (primary N) is 1. The number of carbonyl (C=O) groups excluding carboxylic acids is 1. The third-order valence-electron chi connectivity index (χ3n) is 2.29. The van der Waals surface area contributed by atoms with Crippen molar-refractivity contribution in [1.82, 2.24) is 5.16 Å². The van der Waals surface area contributed by atoms with Crippen molar-refractivity contribution in [1.29, 1.82) is 0 Å². The van der Waals surface area contributed by atoms with E-state index < -0.39 is 11.8 Å². The van der Waals surface area contributed by atoms with E-state index in [1.807, 2.05) is 0 Å². The van der Waals surface area contributed by atoms with Crippen molar-refractivity contribution in [3.8, 4) is 11.3 Å². The number of methoxy groups -OCH3 is 1. The van der Waals surface area contributed by atoms with E-state index in [2.05, 4.69) is 14.4 Å². The molecule has 2 aromatic rings. The quantitative estimate of drug-likeness (QED) is 0.848. The smallest absolute Gasteiger partial charge is 0.345 e. The fraction of sp³-hybridized carbons (Fsp3) is 0.0909. The number of anilines is 1. The van der Waals surface area contributed by atoms with Crippen LogP contribution in [0.5, 0.6) is 0 Å². The minimum atomic E-state index is -0.761. The van der Waals surface area contributed by atoms with Gasteiger partial charge in [-0.2, -0.15) is 0 Å². The molecular weight excluding hydrogens is 263 g/mol. The molecular formula is C11H8ClFN2O3. The Labute approximate surface area is 106 Å². The Hall–Kier alpha value is -2.08. The zero-order valence-corrected chi connectivity index (χ0v) is 9.99. The molecule has 0 atom stereocenters. The maximum Gasteiger partial charge on any atom is 0.345 e. The molecule has 18 heavy (non-hydrogen) atoms. The van der Waals surface area contributed by atoms with E-state index in [4.69, 9.17) is 17.3 Å². The molecule has 0 unspecified atom stereocenters. The first-order valence-corrected chi connectivity index (χ1v) is 5.21. The lowest BCUT2D eigenvalue weighted by Gasteiger charge is -2.02. The van der Waals surface area contributed by atoms with Crippen molar-refractivity contribution in [3.05, 3.63) is 34.6 Å². The molecule has 2 N–H and O–H groups in total. The summed E-state index contributed by atoms with van der Waals surface area (Å²) >= 11 is 5.77. The molecule has 1 aromatic heterocycles. The van der Waals surface area contributed by atoms with Crippen LogP contribution in [-0.2, 0) is 4.74 Å². The van der Waals surface area contributed by atoms with Crippen molar-refractivity contribution in [3.63, 3.8) is 0 Å². The molecule has 0 saturated carbocycles. The summed E-state index contributed by atoms with van der Waals surface area (Å²) in [5.74, 6) is -1.60. The first kappa shape index (κ1) is 12.4. The molecule has 0 spiro atoms. The zero-order chi connectivity index (χ0) is 13.3. The topological polar surface area (TPSA) is 78.3 Å². The number of ether oxygens (including phenoxy) is 1. The molecule has 0 amide bonds. The second-order valence-corrected chi connectivity index (χ2v) is 3.82. The van der Waals surface area contributed by atoms with Gasteiger partial charge in [-0.05, 0) is 18.2 Å². The van der Waals surface area contributed by atoms with Gasteiger partial charge in [0.15, 0.2) is 5.56 Å². The molecule has 0 radical (unpaired) electrons. The van der Waals surface area contributed by atoms with Crippen LogP contribution in [0.2, 0.25) is 5.02 Å². The van der Waals surface area contributed by atoms with Gasteiger partial charge >= 0.3 is 5.97 Å². The highest BCUT2D eigenvalue weighted by Gasteiger charge is 2.25. The summed E-state index contributed by atoms with van der Waals surface area (Å²) in [6.07, 6.45) is 0. The summed E-state index contributed by atoms with van der Waals surface area (Å²) in [5, 5.41) is 3.85. The average Bonchev–Trinajstić information content (AvgIpc) is 2.73. The molecule has 0 fully saturated rings. The molecule has 0 aliphatic rings. The SMILES string of the molecule is COC(=O)c1c(-c2cc(Cl)ccc2F)noc1N. The monoisotopic (exact) mass is 270 g/mol. The predicted molar refractivity (Wildman–Crippen MR) is 62.7 cm³/mol. The van der Waals surface area contributed by atoms with Crippen molar-refractivity contribution < 1.29 is 18.4 Å². The lowest BCUT2D eigenvalue weighted by molar-refractivity contribution is 0.0602. The van der Waals surface area contributed by atoms with E-state index in [9.17, 15) is 9.18 Å². The summed E-state index contributed by atoms with van der Waals surface area (Å²) in [4.78, 5) is 11.5. The van der Waals surface area contributed by atoms with Crippen LogP contribution >= 0.6 is 11.6 Å². The second-order valence-electron chi connectivity index (χ2n) is 3.39. The number of carbonyl (C=O) groups is 1. The van der Waals surface area contributed by atoms with Crippen LogP contribution in [0.1, 0.15) is 10.4 Å².